The molecule has 0 aliphatic heterocycles. The van der Waals surface area contributed by atoms with E-state index in [1.54, 1.807) is 57.4 Å². The van der Waals surface area contributed by atoms with Crippen LogP contribution >= 0.6 is 0 Å². The minimum absolute atomic E-state index is 0.0281. The van der Waals surface area contributed by atoms with Gasteiger partial charge in [-0.1, -0.05) is 17.2 Å². The number of rotatable bonds is 6. The third-order valence-corrected chi connectivity index (χ3v) is 6.03. The van der Waals surface area contributed by atoms with E-state index in [-0.39, 0.29) is 16.6 Å². The molecule has 0 bridgehead atoms. The molecular formula is C17H19N5O4S. The summed E-state index contributed by atoms with van der Waals surface area (Å²) in [6.07, 6.45) is 1.96. The largest absolute Gasteiger partial charge is 0.407 e. The van der Waals surface area contributed by atoms with Gasteiger partial charge < -0.3 is 4.42 Å². The van der Waals surface area contributed by atoms with Gasteiger partial charge in [-0.25, -0.2) is 8.42 Å². The van der Waals surface area contributed by atoms with Crippen molar-refractivity contribution >= 4 is 21.8 Å². The molecule has 0 unspecified atom stereocenters. The molecule has 3 aromatic rings. The van der Waals surface area contributed by atoms with Gasteiger partial charge in [-0.05, 0) is 37.6 Å². The molecule has 2 aromatic heterocycles. The number of aromatic nitrogens is 4. The van der Waals surface area contributed by atoms with Crippen LogP contribution in [0.4, 0.5) is 6.01 Å². The zero-order valence-electron chi connectivity index (χ0n) is 15.1. The summed E-state index contributed by atoms with van der Waals surface area (Å²) in [4.78, 5) is 12.3. The molecule has 9 nitrogen and oxygen atoms in total. The summed E-state index contributed by atoms with van der Waals surface area (Å²) >= 11 is 0. The van der Waals surface area contributed by atoms with Crippen LogP contribution in [0.5, 0.6) is 0 Å². The fraction of sp³-hybridized carbons (Fsp3) is 0.294. The van der Waals surface area contributed by atoms with Crippen molar-refractivity contribution < 1.29 is 17.6 Å². The molecule has 0 saturated carbocycles. The number of benzene rings is 1. The summed E-state index contributed by atoms with van der Waals surface area (Å²) < 4.78 is 31.2. The van der Waals surface area contributed by atoms with Gasteiger partial charge in [0.05, 0.1) is 16.6 Å². The zero-order chi connectivity index (χ0) is 19.6. The van der Waals surface area contributed by atoms with Crippen molar-refractivity contribution in [3.05, 3.63) is 53.7 Å². The predicted octanol–water partition coefficient (Wildman–Crippen LogP) is 1.83. The van der Waals surface area contributed by atoms with E-state index in [0.29, 0.717) is 12.3 Å². The van der Waals surface area contributed by atoms with Crippen LogP contribution in [0.2, 0.25) is 0 Å². The molecule has 3 rings (SSSR count). The van der Waals surface area contributed by atoms with E-state index in [9.17, 15) is 13.2 Å². The highest BCUT2D eigenvalue weighted by Crippen LogP contribution is 2.18. The van der Waals surface area contributed by atoms with Crippen LogP contribution in [0, 0.1) is 0 Å². The Balaban J connectivity index is 1.66. The van der Waals surface area contributed by atoms with Gasteiger partial charge in [0, 0.05) is 13.2 Å². The van der Waals surface area contributed by atoms with Gasteiger partial charge in [-0.2, -0.15) is 5.10 Å². The monoisotopic (exact) mass is 389 g/mol. The normalized spacial score (nSPS) is 11.7. The molecular weight excluding hydrogens is 370 g/mol. The molecule has 0 aliphatic carbocycles. The van der Waals surface area contributed by atoms with Crippen LogP contribution in [-0.4, -0.2) is 39.6 Å². The van der Waals surface area contributed by atoms with Gasteiger partial charge in [0.15, 0.2) is 15.5 Å². The second-order valence-electron chi connectivity index (χ2n) is 6.24. The molecule has 0 radical (unpaired) electrons. The molecule has 27 heavy (non-hydrogen) atoms. The summed E-state index contributed by atoms with van der Waals surface area (Å²) in [6, 6.07) is 8.06. The van der Waals surface area contributed by atoms with Crippen molar-refractivity contribution in [3.8, 4) is 0 Å². The van der Waals surface area contributed by atoms with E-state index in [1.807, 2.05) is 0 Å². The highest BCUT2D eigenvalue weighted by atomic mass is 32.2. The minimum atomic E-state index is -3.31. The van der Waals surface area contributed by atoms with Crippen LogP contribution < -0.4 is 5.32 Å². The Kier molecular flexibility index (Phi) is 5.08. The topological polar surface area (TPSA) is 120 Å². The molecule has 0 atom stereocenters. The number of hydrogen-bond acceptors (Lipinski definition) is 7. The van der Waals surface area contributed by atoms with Crippen molar-refractivity contribution in [2.45, 2.75) is 30.4 Å². The van der Waals surface area contributed by atoms with Crippen molar-refractivity contribution in [1.29, 1.82) is 0 Å². The van der Waals surface area contributed by atoms with E-state index in [4.69, 9.17) is 4.42 Å². The first-order valence-corrected chi connectivity index (χ1v) is 9.76. The zero-order valence-corrected chi connectivity index (χ0v) is 15.9. The molecule has 1 amide bonds. The standard InChI is InChI=1S/C17H19N5O4S/c1-11(2)27(24,25)13-6-4-12(5-7-13)10-15-19-20-17(26-15)18-16(23)14-8-9-22(3)21-14/h4-9,11H,10H2,1-3H3,(H,18,20,23). The first-order chi connectivity index (χ1) is 12.8. The van der Waals surface area contributed by atoms with E-state index < -0.39 is 21.0 Å². The second kappa shape index (κ2) is 7.31. The summed E-state index contributed by atoms with van der Waals surface area (Å²) in [7, 11) is -1.60. The van der Waals surface area contributed by atoms with Gasteiger partial charge in [-0.3, -0.25) is 14.8 Å². The third kappa shape index (κ3) is 4.22. The highest BCUT2D eigenvalue weighted by molar-refractivity contribution is 7.92. The molecule has 0 aliphatic rings. The second-order valence-corrected chi connectivity index (χ2v) is 8.75. The first kappa shape index (κ1) is 18.8. The Morgan fingerprint density at radius 1 is 1.19 bits per heavy atom. The smallest absolute Gasteiger partial charge is 0.322 e. The van der Waals surface area contributed by atoms with Crippen LogP contribution in [0.25, 0.3) is 0 Å². The fourth-order valence-electron chi connectivity index (χ4n) is 2.32. The van der Waals surface area contributed by atoms with Crippen LogP contribution in [0.1, 0.15) is 35.8 Å². The number of sulfone groups is 1. The molecule has 2 heterocycles. The first-order valence-electron chi connectivity index (χ1n) is 8.22. The molecule has 1 aromatic carbocycles. The number of hydrogen-bond donors (Lipinski definition) is 1. The van der Waals surface area contributed by atoms with Crippen LogP contribution in [0.15, 0.2) is 45.8 Å². The number of carbonyl (C=O) groups is 1. The highest BCUT2D eigenvalue weighted by Gasteiger charge is 2.19. The summed E-state index contributed by atoms with van der Waals surface area (Å²) in [6.45, 7) is 3.28. The van der Waals surface area contributed by atoms with Crippen LogP contribution in [0.3, 0.4) is 0 Å². The lowest BCUT2D eigenvalue weighted by molar-refractivity contribution is 0.101. The molecule has 1 N–H and O–H groups in total. The lowest BCUT2D eigenvalue weighted by atomic mass is 10.1. The SMILES string of the molecule is CC(C)S(=O)(=O)c1ccc(Cc2nnc(NC(=O)c3ccn(C)n3)o2)cc1. The predicted molar refractivity (Wildman–Crippen MR) is 97.0 cm³/mol. The van der Waals surface area contributed by atoms with Gasteiger partial charge in [0.25, 0.3) is 5.91 Å². The Labute approximate surface area is 156 Å². The summed E-state index contributed by atoms with van der Waals surface area (Å²) in [5.74, 6) is -0.153. The average Bonchev–Trinajstić information content (AvgIpc) is 3.24. The average molecular weight is 389 g/mol. The third-order valence-electron chi connectivity index (χ3n) is 3.86. The number of nitrogens with zero attached hydrogens (tertiary/aromatic N) is 4. The number of nitrogens with one attached hydrogen (secondary N) is 1. The van der Waals surface area contributed by atoms with Crippen molar-refractivity contribution in [2.75, 3.05) is 5.32 Å². The summed E-state index contributed by atoms with van der Waals surface area (Å²) in [5.41, 5.74) is 1.04. The van der Waals surface area contributed by atoms with Gasteiger partial charge in [-0.15, -0.1) is 5.10 Å². The lowest BCUT2D eigenvalue weighted by Gasteiger charge is -2.08. The maximum absolute atomic E-state index is 12.1. The molecule has 10 heteroatoms. The van der Waals surface area contributed by atoms with Crippen LogP contribution in [-0.2, 0) is 23.3 Å². The maximum Gasteiger partial charge on any atom is 0.322 e. The Bertz CT molecular complexity index is 1050. The molecule has 0 fully saturated rings. The lowest BCUT2D eigenvalue weighted by Crippen LogP contribution is -2.13. The summed E-state index contributed by atoms with van der Waals surface area (Å²) in [5, 5.41) is 13.7. The van der Waals surface area contributed by atoms with Gasteiger partial charge in [0.1, 0.15) is 0 Å². The number of aryl methyl sites for hydroxylation is 1. The Hall–Kier alpha value is -3.01. The Morgan fingerprint density at radius 3 is 2.48 bits per heavy atom. The van der Waals surface area contributed by atoms with Crippen molar-refractivity contribution in [1.82, 2.24) is 20.0 Å². The number of carbonyl (C=O) groups excluding carboxylic acids is 1. The fourth-order valence-corrected chi connectivity index (χ4v) is 3.38. The van der Waals surface area contributed by atoms with Gasteiger partial charge >= 0.3 is 6.01 Å². The van der Waals surface area contributed by atoms with E-state index in [0.717, 1.165) is 5.56 Å². The van der Waals surface area contributed by atoms with Crippen molar-refractivity contribution in [3.63, 3.8) is 0 Å². The van der Waals surface area contributed by atoms with E-state index in [1.165, 1.54) is 4.68 Å². The number of amides is 1. The maximum atomic E-state index is 12.1. The van der Waals surface area contributed by atoms with Gasteiger partial charge in [0.2, 0.25) is 5.89 Å². The quantitative estimate of drug-likeness (QED) is 0.683. The Morgan fingerprint density at radius 2 is 1.89 bits per heavy atom. The molecule has 142 valence electrons. The van der Waals surface area contributed by atoms with E-state index >= 15 is 0 Å². The van der Waals surface area contributed by atoms with Crippen molar-refractivity contribution in [2.24, 2.45) is 7.05 Å². The molecule has 0 saturated heterocycles. The van der Waals surface area contributed by atoms with E-state index in [2.05, 4.69) is 20.6 Å². The molecule has 0 spiro atoms. The number of anilines is 1. The minimum Gasteiger partial charge on any atom is -0.407 e.